The number of aryl methyl sites for hydroxylation is 2. The van der Waals surface area contributed by atoms with Crippen molar-refractivity contribution in [2.24, 2.45) is 12.8 Å². The number of hydrogen-bond acceptors (Lipinski definition) is 5. The van der Waals surface area contributed by atoms with Crippen molar-refractivity contribution in [3.8, 4) is 0 Å². The molecular formula is C13H19N5S. The summed E-state index contributed by atoms with van der Waals surface area (Å²) in [7, 11) is 1.83. The number of hydrogen-bond donors (Lipinski definition) is 1. The Morgan fingerprint density at radius 2 is 2.05 bits per heavy atom. The molecule has 2 rings (SSSR count). The smallest absolute Gasteiger partial charge is 0.209 e. The number of nitrogens with two attached hydrogens (primary N) is 1. The summed E-state index contributed by atoms with van der Waals surface area (Å²) in [4.78, 5) is 0. The molecule has 0 fully saturated rings. The Kier molecular flexibility index (Phi) is 4.93. The van der Waals surface area contributed by atoms with E-state index in [-0.39, 0.29) is 6.04 Å². The first kappa shape index (κ1) is 14.0. The van der Waals surface area contributed by atoms with Crippen LogP contribution in [0.4, 0.5) is 0 Å². The van der Waals surface area contributed by atoms with E-state index in [1.54, 1.807) is 16.4 Å². The van der Waals surface area contributed by atoms with Crippen molar-refractivity contribution in [3.05, 3.63) is 35.4 Å². The highest BCUT2D eigenvalue weighted by Gasteiger charge is 2.09. The minimum atomic E-state index is -0.00243. The average molecular weight is 277 g/mol. The molecule has 0 saturated heterocycles. The van der Waals surface area contributed by atoms with Gasteiger partial charge in [-0.1, -0.05) is 49.4 Å². The van der Waals surface area contributed by atoms with E-state index in [9.17, 15) is 0 Å². The van der Waals surface area contributed by atoms with Crippen LogP contribution >= 0.6 is 11.8 Å². The van der Waals surface area contributed by atoms with Crippen LogP contribution in [0, 0.1) is 0 Å². The Morgan fingerprint density at radius 1 is 1.32 bits per heavy atom. The summed E-state index contributed by atoms with van der Waals surface area (Å²) in [6.45, 7) is 2.19. The molecule has 19 heavy (non-hydrogen) atoms. The van der Waals surface area contributed by atoms with E-state index >= 15 is 0 Å². The number of rotatable bonds is 6. The Hall–Kier alpha value is -1.40. The van der Waals surface area contributed by atoms with E-state index in [1.165, 1.54) is 12.0 Å². The molecule has 0 aliphatic rings. The summed E-state index contributed by atoms with van der Waals surface area (Å²) < 4.78 is 1.65. The first-order valence-electron chi connectivity index (χ1n) is 6.40. The maximum absolute atomic E-state index is 6.19. The summed E-state index contributed by atoms with van der Waals surface area (Å²) in [5, 5.41) is 12.1. The predicted molar refractivity (Wildman–Crippen MR) is 76.9 cm³/mol. The maximum atomic E-state index is 6.19. The quantitative estimate of drug-likeness (QED) is 0.817. The summed E-state index contributed by atoms with van der Waals surface area (Å²) in [5.74, 6) is 0.765. The second-order valence-corrected chi connectivity index (χ2v) is 5.48. The second-order valence-electron chi connectivity index (χ2n) is 4.49. The van der Waals surface area contributed by atoms with Crippen LogP contribution in [0.3, 0.4) is 0 Å². The minimum absolute atomic E-state index is 0.00243. The van der Waals surface area contributed by atoms with Gasteiger partial charge < -0.3 is 5.73 Å². The Morgan fingerprint density at radius 3 is 2.63 bits per heavy atom. The minimum Gasteiger partial charge on any atom is -0.323 e. The van der Waals surface area contributed by atoms with Gasteiger partial charge in [0, 0.05) is 18.8 Å². The van der Waals surface area contributed by atoms with Crippen LogP contribution < -0.4 is 5.73 Å². The van der Waals surface area contributed by atoms with Gasteiger partial charge in [-0.2, -0.15) is 0 Å². The third-order valence-corrected chi connectivity index (χ3v) is 4.05. The van der Waals surface area contributed by atoms with Gasteiger partial charge in [-0.3, -0.25) is 0 Å². The summed E-state index contributed by atoms with van der Waals surface area (Å²) in [6, 6.07) is 8.55. The third kappa shape index (κ3) is 3.78. The van der Waals surface area contributed by atoms with Gasteiger partial charge in [0.15, 0.2) is 0 Å². The fourth-order valence-electron chi connectivity index (χ4n) is 1.82. The van der Waals surface area contributed by atoms with Crippen LogP contribution in [0.2, 0.25) is 0 Å². The summed E-state index contributed by atoms with van der Waals surface area (Å²) in [6.07, 6.45) is 2.29. The number of aromatic nitrogens is 4. The summed E-state index contributed by atoms with van der Waals surface area (Å²) >= 11 is 1.57. The van der Waals surface area contributed by atoms with E-state index in [1.807, 2.05) is 7.05 Å². The molecule has 0 radical (unpaired) electrons. The first-order chi connectivity index (χ1) is 9.20. The first-order valence-corrected chi connectivity index (χ1v) is 7.39. The highest BCUT2D eigenvalue weighted by atomic mass is 32.2. The fourth-order valence-corrected chi connectivity index (χ4v) is 2.66. The molecule has 1 aromatic carbocycles. The number of thioether (sulfide) groups is 1. The van der Waals surface area contributed by atoms with Crippen LogP contribution in [-0.2, 0) is 13.5 Å². The number of benzene rings is 1. The van der Waals surface area contributed by atoms with Gasteiger partial charge in [-0.05, 0) is 28.0 Å². The van der Waals surface area contributed by atoms with Crippen LogP contribution in [0.15, 0.2) is 29.4 Å². The number of nitrogens with zero attached hydrogens (tertiary/aromatic N) is 4. The van der Waals surface area contributed by atoms with Crippen molar-refractivity contribution < 1.29 is 0 Å². The Balaban J connectivity index is 1.92. The van der Waals surface area contributed by atoms with Gasteiger partial charge in [0.2, 0.25) is 5.16 Å². The molecule has 2 N–H and O–H groups in total. The zero-order valence-electron chi connectivity index (χ0n) is 11.3. The van der Waals surface area contributed by atoms with Crippen LogP contribution in [-0.4, -0.2) is 26.0 Å². The zero-order valence-corrected chi connectivity index (χ0v) is 12.1. The van der Waals surface area contributed by atoms with Crippen molar-refractivity contribution in [2.45, 2.75) is 31.0 Å². The molecule has 0 saturated carbocycles. The molecule has 6 heteroatoms. The van der Waals surface area contributed by atoms with E-state index in [0.29, 0.717) is 0 Å². The van der Waals surface area contributed by atoms with Crippen molar-refractivity contribution >= 4 is 11.8 Å². The molecule has 5 nitrogen and oxygen atoms in total. The van der Waals surface area contributed by atoms with Crippen molar-refractivity contribution in [2.75, 3.05) is 5.75 Å². The van der Waals surface area contributed by atoms with Crippen molar-refractivity contribution in [1.29, 1.82) is 0 Å². The molecule has 0 spiro atoms. The molecule has 2 aromatic rings. The lowest BCUT2D eigenvalue weighted by Gasteiger charge is -2.11. The molecule has 1 aromatic heterocycles. The SMILES string of the molecule is CCCc1ccc(C(N)CSc2nnnn2C)cc1. The number of tetrazole rings is 1. The maximum Gasteiger partial charge on any atom is 0.209 e. The van der Waals surface area contributed by atoms with Crippen molar-refractivity contribution in [1.82, 2.24) is 20.2 Å². The van der Waals surface area contributed by atoms with Gasteiger partial charge in [-0.25, -0.2) is 4.68 Å². The highest BCUT2D eigenvalue weighted by molar-refractivity contribution is 7.99. The predicted octanol–water partition coefficient (Wildman–Crippen LogP) is 1.95. The van der Waals surface area contributed by atoms with Gasteiger partial charge in [0.25, 0.3) is 0 Å². The molecule has 102 valence electrons. The molecule has 0 bridgehead atoms. The Labute approximate surface area is 117 Å². The fraction of sp³-hybridized carbons (Fsp3) is 0.462. The normalized spacial score (nSPS) is 12.6. The monoisotopic (exact) mass is 277 g/mol. The lowest BCUT2D eigenvalue weighted by atomic mass is 10.0. The Bertz CT molecular complexity index is 508. The van der Waals surface area contributed by atoms with Crippen molar-refractivity contribution in [3.63, 3.8) is 0 Å². The molecule has 0 aliphatic heterocycles. The largest absolute Gasteiger partial charge is 0.323 e. The molecule has 0 aliphatic carbocycles. The highest BCUT2D eigenvalue weighted by Crippen LogP contribution is 2.21. The topological polar surface area (TPSA) is 69.6 Å². The molecule has 1 unspecified atom stereocenters. The zero-order chi connectivity index (χ0) is 13.7. The van der Waals surface area contributed by atoms with E-state index in [4.69, 9.17) is 5.73 Å². The van der Waals surface area contributed by atoms with Crippen LogP contribution in [0.25, 0.3) is 0 Å². The average Bonchev–Trinajstić information content (AvgIpc) is 2.83. The molecule has 1 heterocycles. The lowest BCUT2D eigenvalue weighted by molar-refractivity contribution is 0.663. The third-order valence-electron chi connectivity index (χ3n) is 2.92. The van der Waals surface area contributed by atoms with Gasteiger partial charge in [0.05, 0.1) is 0 Å². The standard InChI is InChI=1S/C13H19N5S/c1-3-4-10-5-7-11(8-6-10)12(14)9-19-13-15-16-17-18(13)2/h5-8,12H,3-4,9,14H2,1-2H3. The molecular weight excluding hydrogens is 258 g/mol. The second kappa shape index (κ2) is 6.68. The van der Waals surface area contributed by atoms with Crippen LogP contribution in [0.5, 0.6) is 0 Å². The van der Waals surface area contributed by atoms with Gasteiger partial charge in [-0.15, -0.1) is 5.10 Å². The summed E-state index contributed by atoms with van der Waals surface area (Å²) in [5.41, 5.74) is 8.71. The van der Waals surface area contributed by atoms with Gasteiger partial charge in [0.1, 0.15) is 0 Å². The van der Waals surface area contributed by atoms with E-state index in [2.05, 4.69) is 46.7 Å². The van der Waals surface area contributed by atoms with Crippen LogP contribution in [0.1, 0.15) is 30.5 Å². The van der Waals surface area contributed by atoms with Gasteiger partial charge >= 0.3 is 0 Å². The lowest BCUT2D eigenvalue weighted by Crippen LogP contribution is -2.13. The van der Waals surface area contributed by atoms with E-state index < -0.39 is 0 Å². The van der Waals surface area contributed by atoms with E-state index in [0.717, 1.165) is 22.9 Å². The molecule has 0 amide bonds. The molecule has 1 atom stereocenters.